The first kappa shape index (κ1) is 16.6. The predicted octanol–water partition coefficient (Wildman–Crippen LogP) is 4.80. The maximum Gasteiger partial charge on any atom is 0.416 e. The molecule has 1 aliphatic rings. The first-order valence-electron chi connectivity index (χ1n) is 7.22. The van der Waals surface area contributed by atoms with Gasteiger partial charge in [-0.3, -0.25) is 0 Å². The Labute approximate surface area is 131 Å². The average Bonchev–Trinajstić information content (AvgIpc) is 2.37. The summed E-state index contributed by atoms with van der Waals surface area (Å²) in [6.07, 6.45) is 0.152. The molecule has 0 amide bonds. The average molecular weight is 365 g/mol. The lowest BCUT2D eigenvalue weighted by molar-refractivity contribution is -0.137. The largest absolute Gasteiger partial charge is 0.416 e. The molecule has 0 spiro atoms. The van der Waals surface area contributed by atoms with Gasteiger partial charge < -0.3 is 10.6 Å². The highest BCUT2D eigenvalue weighted by Gasteiger charge is 2.31. The van der Waals surface area contributed by atoms with Crippen molar-refractivity contribution in [1.29, 1.82) is 0 Å². The first-order chi connectivity index (χ1) is 9.84. The van der Waals surface area contributed by atoms with Gasteiger partial charge >= 0.3 is 6.18 Å². The third kappa shape index (κ3) is 5.18. The summed E-state index contributed by atoms with van der Waals surface area (Å²) in [5.74, 6) is 0. The van der Waals surface area contributed by atoms with Gasteiger partial charge in [-0.2, -0.15) is 13.2 Å². The highest BCUT2D eigenvalue weighted by Crippen LogP contribution is 2.33. The molecule has 1 aromatic rings. The van der Waals surface area contributed by atoms with Crippen molar-refractivity contribution in [2.24, 2.45) is 0 Å². The summed E-state index contributed by atoms with van der Waals surface area (Å²) in [7, 11) is 0. The Hall–Kier alpha value is -0.750. The molecule has 2 atom stereocenters. The standard InChI is InChI=1S/C15H20BrF3N2/c1-10(6-13-4-2-3-5-20-13)21-14-8-11(15(17,18)19)7-12(16)9-14/h7-10,13,20-21H,2-6H2,1H3. The number of anilines is 1. The number of nitrogens with one attached hydrogen (secondary N) is 2. The molecule has 2 N–H and O–H groups in total. The van der Waals surface area contributed by atoms with E-state index in [1.54, 1.807) is 6.07 Å². The zero-order valence-electron chi connectivity index (χ0n) is 11.9. The molecular formula is C15H20BrF3N2. The smallest absolute Gasteiger partial charge is 0.382 e. The summed E-state index contributed by atoms with van der Waals surface area (Å²) in [5.41, 5.74) is -0.137. The van der Waals surface area contributed by atoms with Crippen molar-refractivity contribution in [3.63, 3.8) is 0 Å². The second-order valence-electron chi connectivity index (χ2n) is 5.65. The van der Waals surface area contributed by atoms with Crippen LogP contribution in [0.5, 0.6) is 0 Å². The van der Waals surface area contributed by atoms with Crippen LogP contribution in [0.3, 0.4) is 0 Å². The Bertz CT molecular complexity index is 470. The fourth-order valence-corrected chi connectivity index (χ4v) is 3.23. The normalized spacial score (nSPS) is 21.1. The Balaban J connectivity index is 1.99. The van der Waals surface area contributed by atoms with Gasteiger partial charge in [-0.05, 0) is 50.9 Å². The second kappa shape index (κ2) is 7.01. The van der Waals surface area contributed by atoms with E-state index in [0.29, 0.717) is 16.2 Å². The molecule has 1 heterocycles. The van der Waals surface area contributed by atoms with Gasteiger partial charge in [0.25, 0.3) is 0 Å². The van der Waals surface area contributed by atoms with Crippen LogP contribution in [0.25, 0.3) is 0 Å². The molecule has 1 aliphatic heterocycles. The highest BCUT2D eigenvalue weighted by molar-refractivity contribution is 9.10. The molecule has 0 aromatic heterocycles. The van der Waals surface area contributed by atoms with E-state index in [9.17, 15) is 13.2 Å². The minimum Gasteiger partial charge on any atom is -0.382 e. The molecular weight excluding hydrogens is 345 g/mol. The third-order valence-corrected chi connectivity index (χ3v) is 4.15. The Morgan fingerprint density at radius 1 is 1.33 bits per heavy atom. The van der Waals surface area contributed by atoms with Gasteiger partial charge in [0.1, 0.15) is 0 Å². The molecule has 0 saturated carbocycles. The van der Waals surface area contributed by atoms with Gasteiger partial charge in [0.05, 0.1) is 5.56 Å². The predicted molar refractivity (Wildman–Crippen MR) is 82.5 cm³/mol. The van der Waals surface area contributed by atoms with Crippen LogP contribution in [0.4, 0.5) is 18.9 Å². The van der Waals surface area contributed by atoms with Crippen molar-refractivity contribution in [2.45, 2.75) is 50.9 Å². The summed E-state index contributed by atoms with van der Waals surface area (Å²) in [6.45, 7) is 3.04. The van der Waals surface area contributed by atoms with Crippen LogP contribution in [-0.2, 0) is 6.18 Å². The lowest BCUT2D eigenvalue weighted by atomic mass is 9.98. The molecule has 0 bridgehead atoms. The van der Waals surface area contributed by atoms with Crippen molar-refractivity contribution >= 4 is 21.6 Å². The monoisotopic (exact) mass is 364 g/mol. The summed E-state index contributed by atoms with van der Waals surface area (Å²) in [6, 6.07) is 4.51. The van der Waals surface area contributed by atoms with Crippen LogP contribution in [0, 0.1) is 0 Å². The van der Waals surface area contributed by atoms with E-state index in [4.69, 9.17) is 0 Å². The van der Waals surface area contributed by atoms with Crippen LogP contribution in [0.15, 0.2) is 22.7 Å². The maximum atomic E-state index is 12.8. The topological polar surface area (TPSA) is 24.1 Å². The summed E-state index contributed by atoms with van der Waals surface area (Å²) >= 11 is 3.14. The Kier molecular flexibility index (Phi) is 5.54. The molecule has 0 radical (unpaired) electrons. The van der Waals surface area contributed by atoms with Crippen molar-refractivity contribution in [3.05, 3.63) is 28.2 Å². The molecule has 118 valence electrons. The van der Waals surface area contributed by atoms with Crippen LogP contribution in [0.2, 0.25) is 0 Å². The number of rotatable bonds is 4. The number of hydrogen-bond acceptors (Lipinski definition) is 2. The molecule has 6 heteroatoms. The number of hydrogen-bond donors (Lipinski definition) is 2. The second-order valence-corrected chi connectivity index (χ2v) is 6.57. The van der Waals surface area contributed by atoms with Gasteiger partial charge in [0, 0.05) is 22.2 Å². The van der Waals surface area contributed by atoms with Crippen LogP contribution < -0.4 is 10.6 Å². The number of piperidine rings is 1. The van der Waals surface area contributed by atoms with Gasteiger partial charge in [0.2, 0.25) is 0 Å². The molecule has 2 rings (SSSR count). The molecule has 1 fully saturated rings. The maximum absolute atomic E-state index is 12.8. The molecule has 1 aromatic carbocycles. The molecule has 21 heavy (non-hydrogen) atoms. The van der Waals surface area contributed by atoms with E-state index in [1.165, 1.54) is 12.8 Å². The minimum atomic E-state index is -4.33. The van der Waals surface area contributed by atoms with E-state index in [0.717, 1.165) is 31.5 Å². The molecule has 0 aliphatic carbocycles. The van der Waals surface area contributed by atoms with E-state index >= 15 is 0 Å². The van der Waals surface area contributed by atoms with Gasteiger partial charge in [-0.25, -0.2) is 0 Å². The first-order valence-corrected chi connectivity index (χ1v) is 8.01. The van der Waals surface area contributed by atoms with E-state index < -0.39 is 11.7 Å². The van der Waals surface area contributed by atoms with Crippen molar-refractivity contribution in [2.75, 3.05) is 11.9 Å². The molecule has 2 unspecified atom stereocenters. The van der Waals surface area contributed by atoms with E-state index in [-0.39, 0.29) is 6.04 Å². The van der Waals surface area contributed by atoms with Crippen molar-refractivity contribution in [3.8, 4) is 0 Å². The van der Waals surface area contributed by atoms with Gasteiger partial charge in [-0.15, -0.1) is 0 Å². The van der Waals surface area contributed by atoms with Crippen LogP contribution in [-0.4, -0.2) is 18.6 Å². The third-order valence-electron chi connectivity index (χ3n) is 3.69. The highest BCUT2D eigenvalue weighted by atomic mass is 79.9. The lowest BCUT2D eigenvalue weighted by Crippen LogP contribution is -2.37. The molecule has 2 nitrogen and oxygen atoms in total. The van der Waals surface area contributed by atoms with E-state index in [1.807, 2.05) is 6.92 Å². The minimum absolute atomic E-state index is 0.121. The Morgan fingerprint density at radius 2 is 2.10 bits per heavy atom. The zero-order chi connectivity index (χ0) is 15.5. The number of benzene rings is 1. The van der Waals surface area contributed by atoms with Crippen molar-refractivity contribution < 1.29 is 13.2 Å². The number of halogens is 4. The zero-order valence-corrected chi connectivity index (χ0v) is 13.5. The summed E-state index contributed by atoms with van der Waals surface area (Å²) in [4.78, 5) is 0. The van der Waals surface area contributed by atoms with Gasteiger partial charge in [0.15, 0.2) is 0 Å². The SMILES string of the molecule is CC(CC1CCCCN1)Nc1cc(Br)cc(C(F)(F)F)c1. The quantitative estimate of drug-likeness (QED) is 0.801. The molecule has 1 saturated heterocycles. The Morgan fingerprint density at radius 3 is 2.71 bits per heavy atom. The van der Waals surface area contributed by atoms with E-state index in [2.05, 4.69) is 26.6 Å². The summed E-state index contributed by atoms with van der Waals surface area (Å²) in [5, 5.41) is 6.63. The van der Waals surface area contributed by atoms with Crippen molar-refractivity contribution in [1.82, 2.24) is 5.32 Å². The van der Waals surface area contributed by atoms with Gasteiger partial charge in [-0.1, -0.05) is 22.4 Å². The van der Waals surface area contributed by atoms with Crippen LogP contribution in [0.1, 0.15) is 38.2 Å². The lowest BCUT2D eigenvalue weighted by Gasteiger charge is -2.27. The summed E-state index contributed by atoms with van der Waals surface area (Å²) < 4.78 is 38.8. The number of alkyl halides is 3. The fraction of sp³-hybridized carbons (Fsp3) is 0.600. The fourth-order valence-electron chi connectivity index (χ4n) is 2.73. The van der Waals surface area contributed by atoms with Crippen LogP contribution >= 0.6 is 15.9 Å².